The highest BCUT2D eigenvalue weighted by Gasteiger charge is 2.50. The summed E-state index contributed by atoms with van der Waals surface area (Å²) in [5.41, 5.74) is 1.65. The normalized spacial score (nSPS) is 22.9. The van der Waals surface area contributed by atoms with E-state index in [0.29, 0.717) is 16.9 Å². The van der Waals surface area contributed by atoms with Crippen molar-refractivity contribution >= 4 is 40.1 Å². The number of amides is 3. The molecule has 9 heteroatoms. The third kappa shape index (κ3) is 4.96. The summed E-state index contributed by atoms with van der Waals surface area (Å²) < 4.78 is 17.1. The van der Waals surface area contributed by atoms with Gasteiger partial charge in [-0.1, -0.05) is 48.5 Å². The molecule has 0 radical (unpaired) electrons. The second-order valence-electron chi connectivity index (χ2n) is 8.53. The summed E-state index contributed by atoms with van der Waals surface area (Å²) in [6.07, 6.45) is -2.23. The molecule has 2 fully saturated rings. The highest BCUT2D eigenvalue weighted by Crippen LogP contribution is 2.30. The third-order valence-corrected chi connectivity index (χ3v) is 6.14. The van der Waals surface area contributed by atoms with E-state index in [0.717, 1.165) is 10.8 Å². The van der Waals surface area contributed by atoms with E-state index in [-0.39, 0.29) is 31.1 Å². The van der Waals surface area contributed by atoms with Gasteiger partial charge in [-0.2, -0.15) is 0 Å². The Balaban J connectivity index is 1.16. The first kappa shape index (κ1) is 22.8. The highest BCUT2D eigenvalue weighted by atomic mass is 16.6. The molecule has 35 heavy (non-hydrogen) atoms. The molecule has 0 unspecified atom stereocenters. The minimum absolute atomic E-state index is 0.101. The van der Waals surface area contributed by atoms with Crippen LogP contribution < -0.4 is 16.0 Å². The Hall–Kier alpha value is -3.95. The van der Waals surface area contributed by atoms with Crippen molar-refractivity contribution in [3.05, 3.63) is 72.3 Å². The van der Waals surface area contributed by atoms with Crippen molar-refractivity contribution in [3.63, 3.8) is 0 Å². The first-order chi connectivity index (χ1) is 17.0. The zero-order valence-electron chi connectivity index (χ0n) is 19.0. The summed E-state index contributed by atoms with van der Waals surface area (Å²) in [6, 6.07) is 19.4. The molecule has 2 aliphatic rings. The van der Waals surface area contributed by atoms with Crippen LogP contribution in [0.2, 0.25) is 0 Å². The molecule has 4 atom stereocenters. The summed E-state index contributed by atoms with van der Waals surface area (Å²) in [7, 11) is 0. The molecule has 5 rings (SSSR count). The number of hydrogen-bond donors (Lipinski definition) is 3. The van der Waals surface area contributed by atoms with Crippen LogP contribution in [0.4, 0.5) is 21.0 Å². The van der Waals surface area contributed by atoms with E-state index in [1.54, 1.807) is 24.3 Å². The number of benzene rings is 3. The van der Waals surface area contributed by atoms with E-state index in [1.165, 1.54) is 6.92 Å². The monoisotopic (exact) mass is 475 g/mol. The number of hydrogen-bond acceptors (Lipinski definition) is 6. The van der Waals surface area contributed by atoms with Crippen LogP contribution in [-0.4, -0.2) is 55.5 Å². The number of rotatable bonds is 5. The van der Waals surface area contributed by atoms with E-state index >= 15 is 0 Å². The predicted molar refractivity (Wildman–Crippen MR) is 130 cm³/mol. The zero-order valence-corrected chi connectivity index (χ0v) is 19.0. The summed E-state index contributed by atoms with van der Waals surface area (Å²) in [5.74, 6) is -0.101. The number of Topliss-reactive ketones (excluding diaryl/α,β-unsaturated/α-hetero) is 1. The molecule has 0 bridgehead atoms. The first-order valence-electron chi connectivity index (χ1n) is 11.3. The average Bonchev–Trinajstić information content (AvgIpc) is 3.42. The molecule has 180 valence electrons. The van der Waals surface area contributed by atoms with Crippen molar-refractivity contribution in [2.75, 3.05) is 23.8 Å². The third-order valence-electron chi connectivity index (χ3n) is 6.14. The Morgan fingerprint density at radius 2 is 1.66 bits per heavy atom. The molecule has 0 spiro atoms. The molecule has 0 aliphatic carbocycles. The lowest BCUT2D eigenvalue weighted by molar-refractivity contribution is 0.00873. The van der Waals surface area contributed by atoms with Gasteiger partial charge in [0.15, 0.2) is 11.9 Å². The van der Waals surface area contributed by atoms with Gasteiger partial charge in [0.2, 0.25) is 0 Å². The number of carbonyl (C=O) groups excluding carboxylic acids is 3. The van der Waals surface area contributed by atoms with Crippen molar-refractivity contribution in [1.82, 2.24) is 5.32 Å². The number of nitrogens with one attached hydrogen (secondary N) is 3. The molecular weight excluding hydrogens is 450 g/mol. The van der Waals surface area contributed by atoms with Crippen LogP contribution in [0.5, 0.6) is 0 Å². The van der Waals surface area contributed by atoms with Gasteiger partial charge in [-0.15, -0.1) is 0 Å². The molecular formula is C26H25N3O6. The van der Waals surface area contributed by atoms with Gasteiger partial charge >= 0.3 is 12.1 Å². The van der Waals surface area contributed by atoms with E-state index in [9.17, 15) is 14.4 Å². The minimum Gasteiger partial charge on any atom is -0.441 e. The molecule has 3 aromatic carbocycles. The lowest BCUT2D eigenvalue weighted by Gasteiger charge is -2.18. The second kappa shape index (κ2) is 9.73. The van der Waals surface area contributed by atoms with Crippen LogP contribution >= 0.6 is 0 Å². The van der Waals surface area contributed by atoms with Crippen LogP contribution in [0.15, 0.2) is 66.7 Å². The van der Waals surface area contributed by atoms with Crippen LogP contribution in [0.25, 0.3) is 10.8 Å². The number of fused-ring (bicyclic) bond motifs is 2. The lowest BCUT2D eigenvalue weighted by atomic mass is 10.1. The molecule has 9 nitrogen and oxygen atoms in total. The topological polar surface area (TPSA) is 115 Å². The summed E-state index contributed by atoms with van der Waals surface area (Å²) in [4.78, 5) is 36.6. The van der Waals surface area contributed by atoms with E-state index in [1.807, 2.05) is 42.5 Å². The molecule has 3 N–H and O–H groups in total. The smallest absolute Gasteiger partial charge is 0.412 e. The fraction of sp³-hybridized carbons (Fsp3) is 0.269. The summed E-state index contributed by atoms with van der Waals surface area (Å²) >= 11 is 0. The second-order valence-corrected chi connectivity index (χ2v) is 8.53. The minimum atomic E-state index is -0.673. The van der Waals surface area contributed by atoms with Crippen molar-refractivity contribution in [2.24, 2.45) is 0 Å². The Morgan fingerprint density at radius 3 is 2.51 bits per heavy atom. The van der Waals surface area contributed by atoms with Crippen molar-refractivity contribution in [1.29, 1.82) is 0 Å². The van der Waals surface area contributed by atoms with Gasteiger partial charge in [-0.25, -0.2) is 9.59 Å². The Kier molecular flexibility index (Phi) is 6.35. The lowest BCUT2D eigenvalue weighted by Crippen LogP contribution is -2.46. The predicted octanol–water partition coefficient (Wildman–Crippen LogP) is 3.95. The van der Waals surface area contributed by atoms with Gasteiger partial charge in [-0.3, -0.25) is 10.1 Å². The fourth-order valence-electron chi connectivity index (χ4n) is 4.45. The standard InChI is InChI=1S/C26H25N3O6/c1-15(30)17-8-4-9-18(12-17)27-26(32)35-22-14-34-23-21(13-33-24(22)23)29-25(31)28-20-11-5-7-16-6-2-3-10-19(16)20/h2-12,21-24H,13-14H2,1H3,(H,27,32)(H2,28,29,31)/t21-,22+,23+,24+/m0/s1. The largest absolute Gasteiger partial charge is 0.441 e. The fourth-order valence-corrected chi connectivity index (χ4v) is 4.45. The molecule has 0 saturated carbocycles. The number of ether oxygens (including phenoxy) is 3. The maximum atomic E-state index is 12.7. The molecule has 2 aliphatic heterocycles. The van der Waals surface area contributed by atoms with Crippen LogP contribution in [-0.2, 0) is 14.2 Å². The SMILES string of the molecule is CC(=O)c1cccc(NC(=O)O[C@@H]2CO[C@H]3[C@@H]2OC[C@@H]3NC(=O)Nc2cccc3ccccc23)c1. The van der Waals surface area contributed by atoms with Crippen molar-refractivity contribution < 1.29 is 28.6 Å². The molecule has 3 amide bonds. The Morgan fingerprint density at radius 1 is 0.886 bits per heavy atom. The summed E-state index contributed by atoms with van der Waals surface area (Å²) in [5, 5.41) is 10.4. The van der Waals surface area contributed by atoms with Crippen LogP contribution in [0, 0.1) is 0 Å². The quantitative estimate of drug-likeness (QED) is 0.482. The van der Waals surface area contributed by atoms with Gasteiger partial charge in [0.1, 0.15) is 12.2 Å². The zero-order chi connectivity index (χ0) is 24.4. The van der Waals surface area contributed by atoms with Crippen molar-refractivity contribution in [2.45, 2.75) is 31.3 Å². The number of anilines is 2. The van der Waals surface area contributed by atoms with Gasteiger partial charge in [0.25, 0.3) is 0 Å². The maximum absolute atomic E-state index is 12.7. The van der Waals surface area contributed by atoms with Gasteiger partial charge in [0, 0.05) is 16.6 Å². The summed E-state index contributed by atoms with van der Waals surface area (Å²) in [6.45, 7) is 1.84. The van der Waals surface area contributed by atoms with E-state index in [4.69, 9.17) is 14.2 Å². The first-order valence-corrected chi connectivity index (χ1v) is 11.3. The van der Waals surface area contributed by atoms with Crippen LogP contribution in [0.3, 0.4) is 0 Å². The number of ketones is 1. The Bertz CT molecular complexity index is 1270. The average molecular weight is 476 g/mol. The molecule has 2 heterocycles. The molecule has 3 aromatic rings. The highest BCUT2D eigenvalue weighted by molar-refractivity contribution is 6.01. The molecule has 2 saturated heterocycles. The molecule has 0 aromatic heterocycles. The van der Waals surface area contributed by atoms with Gasteiger partial charge < -0.3 is 24.8 Å². The Labute approximate surface area is 201 Å². The van der Waals surface area contributed by atoms with Crippen LogP contribution in [0.1, 0.15) is 17.3 Å². The van der Waals surface area contributed by atoms with E-state index < -0.39 is 24.4 Å². The van der Waals surface area contributed by atoms with Gasteiger partial charge in [-0.05, 0) is 30.5 Å². The van der Waals surface area contributed by atoms with Gasteiger partial charge in [0.05, 0.1) is 24.9 Å². The number of carbonyl (C=O) groups is 3. The van der Waals surface area contributed by atoms with E-state index in [2.05, 4.69) is 16.0 Å². The maximum Gasteiger partial charge on any atom is 0.412 e. The number of urea groups is 1. The van der Waals surface area contributed by atoms with Crippen molar-refractivity contribution in [3.8, 4) is 0 Å².